The molecule has 1 aromatic carbocycles. The molecule has 1 aromatic rings. The van der Waals surface area contributed by atoms with Crippen LogP contribution in [-0.2, 0) is 10.0 Å². The van der Waals surface area contributed by atoms with Crippen LogP contribution in [0, 0.1) is 11.6 Å². The molecule has 1 aliphatic heterocycles. The smallest absolute Gasteiger partial charge is 0.247 e. The highest BCUT2D eigenvalue weighted by molar-refractivity contribution is 9.10. The minimum atomic E-state index is -4.01. The summed E-state index contributed by atoms with van der Waals surface area (Å²) in [7, 11) is -4.01. The van der Waals surface area contributed by atoms with Crippen LogP contribution in [0.4, 0.5) is 8.78 Å². The topological polar surface area (TPSA) is 63.4 Å². The third kappa shape index (κ3) is 2.67. The third-order valence-corrected chi connectivity index (χ3v) is 6.04. The average molecular weight is 355 g/mol. The summed E-state index contributed by atoms with van der Waals surface area (Å²) >= 11 is 2.91. The minimum absolute atomic E-state index is 0.118. The van der Waals surface area contributed by atoms with Crippen molar-refractivity contribution in [1.82, 2.24) is 4.31 Å². The molecule has 1 aliphatic rings. The van der Waals surface area contributed by atoms with Crippen LogP contribution in [-0.4, -0.2) is 31.9 Å². The fourth-order valence-corrected chi connectivity index (χ4v) is 5.07. The Hall–Kier alpha value is -0.570. The van der Waals surface area contributed by atoms with Crippen LogP contribution in [0.2, 0.25) is 0 Å². The highest BCUT2D eigenvalue weighted by Crippen LogP contribution is 2.32. The van der Waals surface area contributed by atoms with Gasteiger partial charge in [-0.1, -0.05) is 0 Å². The minimum Gasteiger partial charge on any atom is -0.329 e. The Balaban J connectivity index is 2.51. The molecule has 106 valence electrons. The Bertz CT molecular complexity index is 571. The Labute approximate surface area is 118 Å². The van der Waals surface area contributed by atoms with Gasteiger partial charge in [-0.15, -0.1) is 0 Å². The first-order chi connectivity index (χ1) is 8.87. The zero-order chi connectivity index (χ0) is 14.2. The molecule has 1 unspecified atom stereocenters. The zero-order valence-electron chi connectivity index (χ0n) is 9.94. The van der Waals surface area contributed by atoms with Gasteiger partial charge in [-0.05, 0) is 34.8 Å². The van der Waals surface area contributed by atoms with E-state index in [1.54, 1.807) is 0 Å². The fourth-order valence-electron chi connectivity index (χ4n) is 2.25. The SMILES string of the molecule is NCC1CCCN1S(=O)(=O)c1c(F)cc(F)cc1Br. The summed E-state index contributed by atoms with van der Waals surface area (Å²) in [6.45, 7) is 0.479. The molecule has 19 heavy (non-hydrogen) atoms. The predicted octanol–water partition coefficient (Wildman–Crippen LogP) is 1.84. The molecule has 0 amide bonds. The number of halogens is 3. The first-order valence-electron chi connectivity index (χ1n) is 5.74. The van der Waals surface area contributed by atoms with Gasteiger partial charge in [0.15, 0.2) is 0 Å². The largest absolute Gasteiger partial charge is 0.329 e. The lowest BCUT2D eigenvalue weighted by Gasteiger charge is -2.23. The molecule has 1 atom stereocenters. The number of benzene rings is 1. The average Bonchev–Trinajstić information content (AvgIpc) is 2.75. The molecular formula is C11H13BrF2N2O2S. The highest BCUT2D eigenvalue weighted by Gasteiger charge is 2.37. The number of nitrogens with two attached hydrogens (primary N) is 1. The lowest BCUT2D eigenvalue weighted by molar-refractivity contribution is 0.389. The van der Waals surface area contributed by atoms with Crippen LogP contribution in [0.25, 0.3) is 0 Å². The molecule has 4 nitrogen and oxygen atoms in total. The molecule has 0 aliphatic carbocycles. The Morgan fingerprint density at radius 1 is 1.42 bits per heavy atom. The van der Waals surface area contributed by atoms with Crippen LogP contribution < -0.4 is 5.73 Å². The summed E-state index contributed by atoms with van der Waals surface area (Å²) in [6.07, 6.45) is 1.33. The van der Waals surface area contributed by atoms with Gasteiger partial charge in [0, 0.05) is 29.7 Å². The van der Waals surface area contributed by atoms with Gasteiger partial charge in [0.25, 0.3) is 0 Å². The van der Waals surface area contributed by atoms with E-state index in [9.17, 15) is 17.2 Å². The highest BCUT2D eigenvalue weighted by atomic mass is 79.9. The van der Waals surface area contributed by atoms with E-state index in [4.69, 9.17) is 5.73 Å². The van der Waals surface area contributed by atoms with Crippen molar-refractivity contribution in [3.05, 3.63) is 28.2 Å². The molecule has 1 heterocycles. The van der Waals surface area contributed by atoms with E-state index in [0.29, 0.717) is 25.5 Å². The van der Waals surface area contributed by atoms with Crippen molar-refractivity contribution in [2.24, 2.45) is 5.73 Å². The fraction of sp³-hybridized carbons (Fsp3) is 0.455. The summed E-state index contributed by atoms with van der Waals surface area (Å²) in [5.74, 6) is -1.94. The summed E-state index contributed by atoms with van der Waals surface area (Å²) < 4.78 is 52.7. The standard InChI is InChI=1S/C11H13BrF2N2O2S/c12-9-4-7(13)5-10(14)11(9)19(17,18)16-3-1-2-8(16)6-15/h4-5,8H,1-3,6,15H2. The molecule has 1 fully saturated rings. The van der Waals surface area contributed by atoms with Crippen molar-refractivity contribution in [2.75, 3.05) is 13.1 Å². The second-order valence-electron chi connectivity index (χ2n) is 4.35. The van der Waals surface area contributed by atoms with Crippen LogP contribution in [0.1, 0.15) is 12.8 Å². The molecule has 1 saturated heterocycles. The van der Waals surface area contributed by atoms with Gasteiger partial charge in [0.05, 0.1) is 0 Å². The van der Waals surface area contributed by atoms with Gasteiger partial charge in [0.2, 0.25) is 10.0 Å². The second kappa shape index (κ2) is 5.43. The molecule has 0 spiro atoms. The van der Waals surface area contributed by atoms with Crippen LogP contribution in [0.5, 0.6) is 0 Å². The van der Waals surface area contributed by atoms with Crippen molar-refractivity contribution in [2.45, 2.75) is 23.8 Å². The van der Waals surface area contributed by atoms with E-state index in [2.05, 4.69) is 15.9 Å². The molecule has 0 radical (unpaired) electrons. The number of hydrogen-bond acceptors (Lipinski definition) is 3. The number of sulfonamides is 1. The van der Waals surface area contributed by atoms with Gasteiger partial charge in [0.1, 0.15) is 16.5 Å². The van der Waals surface area contributed by atoms with E-state index in [1.165, 1.54) is 4.31 Å². The van der Waals surface area contributed by atoms with Gasteiger partial charge in [-0.2, -0.15) is 4.31 Å². The third-order valence-electron chi connectivity index (χ3n) is 3.12. The van der Waals surface area contributed by atoms with Crippen LogP contribution >= 0.6 is 15.9 Å². The molecule has 2 N–H and O–H groups in total. The molecule has 0 bridgehead atoms. The summed E-state index contributed by atoms with van der Waals surface area (Å²) in [4.78, 5) is -0.533. The van der Waals surface area contributed by atoms with E-state index >= 15 is 0 Å². The van der Waals surface area contributed by atoms with Gasteiger partial charge < -0.3 is 5.73 Å². The number of rotatable bonds is 3. The maximum absolute atomic E-state index is 13.8. The van der Waals surface area contributed by atoms with Crippen LogP contribution in [0.15, 0.2) is 21.5 Å². The Kier molecular flexibility index (Phi) is 4.24. The van der Waals surface area contributed by atoms with Crippen molar-refractivity contribution >= 4 is 26.0 Å². The number of nitrogens with zero attached hydrogens (tertiary/aromatic N) is 1. The van der Waals surface area contributed by atoms with Gasteiger partial charge in [-0.3, -0.25) is 0 Å². The molecule has 0 aromatic heterocycles. The first kappa shape index (κ1) is 14.8. The van der Waals surface area contributed by atoms with E-state index in [-0.39, 0.29) is 17.1 Å². The maximum atomic E-state index is 13.8. The quantitative estimate of drug-likeness (QED) is 0.900. The Morgan fingerprint density at radius 3 is 2.68 bits per heavy atom. The first-order valence-corrected chi connectivity index (χ1v) is 7.97. The second-order valence-corrected chi connectivity index (χ2v) is 7.03. The predicted molar refractivity (Wildman–Crippen MR) is 70.0 cm³/mol. The maximum Gasteiger partial charge on any atom is 0.247 e. The lowest BCUT2D eigenvalue weighted by Crippen LogP contribution is -2.40. The number of hydrogen-bond donors (Lipinski definition) is 1. The summed E-state index contributed by atoms with van der Waals surface area (Å²) in [5, 5.41) is 0. The normalized spacial score (nSPS) is 20.9. The van der Waals surface area contributed by atoms with Crippen molar-refractivity contribution in [1.29, 1.82) is 0 Å². The summed E-state index contributed by atoms with van der Waals surface area (Å²) in [6, 6.07) is 1.16. The summed E-state index contributed by atoms with van der Waals surface area (Å²) in [5.41, 5.74) is 5.53. The molecule has 8 heteroatoms. The molecular weight excluding hydrogens is 342 g/mol. The van der Waals surface area contributed by atoms with E-state index < -0.39 is 26.6 Å². The van der Waals surface area contributed by atoms with Crippen molar-refractivity contribution in [3.8, 4) is 0 Å². The van der Waals surface area contributed by atoms with Crippen molar-refractivity contribution < 1.29 is 17.2 Å². The van der Waals surface area contributed by atoms with Gasteiger partial charge in [-0.25, -0.2) is 17.2 Å². The zero-order valence-corrected chi connectivity index (χ0v) is 12.3. The van der Waals surface area contributed by atoms with Crippen LogP contribution in [0.3, 0.4) is 0 Å². The lowest BCUT2D eigenvalue weighted by atomic mass is 10.2. The van der Waals surface area contributed by atoms with E-state index in [1.807, 2.05) is 0 Å². The van der Waals surface area contributed by atoms with E-state index in [0.717, 1.165) is 6.07 Å². The Morgan fingerprint density at radius 2 is 2.11 bits per heavy atom. The molecule has 2 rings (SSSR count). The molecule has 0 saturated carbocycles. The van der Waals surface area contributed by atoms with Gasteiger partial charge >= 0.3 is 0 Å². The van der Waals surface area contributed by atoms with Crippen molar-refractivity contribution in [3.63, 3.8) is 0 Å². The monoisotopic (exact) mass is 354 g/mol.